The molecule has 0 spiro atoms. The van der Waals surface area contributed by atoms with E-state index in [1.807, 2.05) is 48.5 Å². The van der Waals surface area contributed by atoms with Crippen molar-refractivity contribution in [3.8, 4) is 5.75 Å². The number of benzene rings is 2. The Bertz CT molecular complexity index is 542. The van der Waals surface area contributed by atoms with E-state index in [1.54, 1.807) is 7.11 Å². The Morgan fingerprint density at radius 1 is 1.15 bits per heavy atom. The molecule has 2 rings (SSSR count). The summed E-state index contributed by atoms with van der Waals surface area (Å²) in [5.74, 6) is 0.848. The quantitative estimate of drug-likeness (QED) is 0.679. The summed E-state index contributed by atoms with van der Waals surface area (Å²) in [6.07, 6.45) is -0.0178. The monoisotopic (exact) mass is 354 g/mol. The molecule has 0 fully saturated rings. The fourth-order valence-corrected chi connectivity index (χ4v) is 2.61. The van der Waals surface area contributed by atoms with Gasteiger partial charge in [0.25, 0.3) is 0 Å². The zero-order valence-electron chi connectivity index (χ0n) is 11.2. The molecule has 0 aliphatic rings. The van der Waals surface area contributed by atoms with Crippen LogP contribution in [0.5, 0.6) is 5.75 Å². The lowest BCUT2D eigenvalue weighted by Crippen LogP contribution is -2.06. The van der Waals surface area contributed by atoms with Crippen molar-refractivity contribution in [3.05, 3.63) is 64.7 Å². The van der Waals surface area contributed by atoms with Gasteiger partial charge in [-0.25, -0.2) is 0 Å². The molecule has 0 bridgehead atoms. The van der Waals surface area contributed by atoms with Gasteiger partial charge in [-0.05, 0) is 35.4 Å². The van der Waals surface area contributed by atoms with Crippen molar-refractivity contribution < 1.29 is 9.47 Å². The third-order valence-corrected chi connectivity index (χ3v) is 3.79. The molecule has 0 aliphatic carbocycles. The van der Waals surface area contributed by atoms with E-state index in [-0.39, 0.29) is 6.10 Å². The third kappa shape index (κ3) is 4.23. The van der Waals surface area contributed by atoms with Gasteiger partial charge in [0.15, 0.2) is 0 Å². The molecule has 20 heavy (non-hydrogen) atoms. The summed E-state index contributed by atoms with van der Waals surface area (Å²) in [4.78, 5) is 0. The molecule has 0 saturated heterocycles. The number of rotatable bonds is 6. The van der Waals surface area contributed by atoms with Crippen molar-refractivity contribution in [2.75, 3.05) is 12.4 Å². The molecule has 0 amide bonds. The highest BCUT2D eigenvalue weighted by Crippen LogP contribution is 2.24. The number of ether oxygens (including phenoxy) is 2. The summed E-state index contributed by atoms with van der Waals surface area (Å²) < 4.78 is 11.1. The Labute approximate surface area is 132 Å². The van der Waals surface area contributed by atoms with Crippen LogP contribution in [0.3, 0.4) is 0 Å². The van der Waals surface area contributed by atoms with Crippen LogP contribution in [0.4, 0.5) is 0 Å². The SMILES string of the molecule is COc1ccc(COC(CBr)c2cccc(Cl)c2)cc1. The van der Waals surface area contributed by atoms with Gasteiger partial charge >= 0.3 is 0 Å². The van der Waals surface area contributed by atoms with Crippen LogP contribution in [-0.2, 0) is 11.3 Å². The first-order valence-electron chi connectivity index (χ1n) is 6.29. The Morgan fingerprint density at radius 2 is 1.90 bits per heavy atom. The summed E-state index contributed by atoms with van der Waals surface area (Å²) >= 11 is 9.50. The number of hydrogen-bond acceptors (Lipinski definition) is 2. The highest BCUT2D eigenvalue weighted by Gasteiger charge is 2.11. The van der Waals surface area contributed by atoms with Crippen molar-refractivity contribution in [2.24, 2.45) is 0 Å². The number of alkyl halides is 1. The minimum absolute atomic E-state index is 0.0178. The van der Waals surface area contributed by atoms with Crippen molar-refractivity contribution in [2.45, 2.75) is 12.7 Å². The highest BCUT2D eigenvalue weighted by molar-refractivity contribution is 9.09. The van der Waals surface area contributed by atoms with Crippen LogP contribution in [0.15, 0.2) is 48.5 Å². The average Bonchev–Trinajstić information content (AvgIpc) is 2.48. The lowest BCUT2D eigenvalue weighted by molar-refractivity contribution is 0.0566. The van der Waals surface area contributed by atoms with Crippen LogP contribution >= 0.6 is 27.5 Å². The zero-order valence-corrected chi connectivity index (χ0v) is 13.5. The van der Waals surface area contributed by atoms with Gasteiger partial charge in [-0.3, -0.25) is 0 Å². The minimum atomic E-state index is -0.0178. The molecular weight excluding hydrogens is 340 g/mol. The Kier molecular flexibility index (Phi) is 5.89. The molecule has 0 aromatic heterocycles. The van der Waals surface area contributed by atoms with Crippen molar-refractivity contribution in [1.82, 2.24) is 0 Å². The summed E-state index contributed by atoms with van der Waals surface area (Å²) in [5.41, 5.74) is 2.18. The van der Waals surface area contributed by atoms with Gasteiger partial charge in [0, 0.05) is 10.4 Å². The standard InChI is InChI=1S/C16H16BrClO2/c1-19-15-7-5-12(6-8-15)11-20-16(10-17)13-3-2-4-14(18)9-13/h2-9,16H,10-11H2,1H3. The van der Waals surface area contributed by atoms with Gasteiger partial charge in [-0.1, -0.05) is 51.8 Å². The minimum Gasteiger partial charge on any atom is -0.497 e. The molecular formula is C16H16BrClO2. The van der Waals surface area contributed by atoms with Gasteiger partial charge in [0.2, 0.25) is 0 Å². The van der Waals surface area contributed by atoms with E-state index in [0.717, 1.165) is 27.2 Å². The highest BCUT2D eigenvalue weighted by atomic mass is 79.9. The molecule has 0 heterocycles. The topological polar surface area (TPSA) is 18.5 Å². The zero-order chi connectivity index (χ0) is 14.4. The second-order valence-electron chi connectivity index (χ2n) is 4.36. The molecule has 0 saturated carbocycles. The second-order valence-corrected chi connectivity index (χ2v) is 5.44. The van der Waals surface area contributed by atoms with E-state index in [2.05, 4.69) is 15.9 Å². The van der Waals surface area contributed by atoms with Crippen LogP contribution in [0.2, 0.25) is 5.02 Å². The molecule has 0 radical (unpaired) electrons. The van der Waals surface area contributed by atoms with Crippen molar-refractivity contribution in [1.29, 1.82) is 0 Å². The van der Waals surface area contributed by atoms with Gasteiger partial charge in [0.05, 0.1) is 19.8 Å². The predicted molar refractivity (Wildman–Crippen MR) is 85.8 cm³/mol. The number of hydrogen-bond donors (Lipinski definition) is 0. The number of methoxy groups -OCH3 is 1. The van der Waals surface area contributed by atoms with Crippen LogP contribution in [0.25, 0.3) is 0 Å². The first-order valence-corrected chi connectivity index (χ1v) is 7.79. The molecule has 2 aromatic rings. The fraction of sp³-hybridized carbons (Fsp3) is 0.250. The van der Waals surface area contributed by atoms with E-state index in [0.29, 0.717) is 6.61 Å². The normalized spacial score (nSPS) is 12.2. The van der Waals surface area contributed by atoms with Crippen molar-refractivity contribution in [3.63, 3.8) is 0 Å². The predicted octanol–water partition coefficient (Wildman–Crippen LogP) is 5.00. The van der Waals surface area contributed by atoms with Crippen LogP contribution in [0.1, 0.15) is 17.2 Å². The van der Waals surface area contributed by atoms with Crippen LogP contribution < -0.4 is 4.74 Å². The largest absolute Gasteiger partial charge is 0.497 e. The third-order valence-electron chi connectivity index (χ3n) is 2.97. The van der Waals surface area contributed by atoms with Gasteiger partial charge in [-0.2, -0.15) is 0 Å². The van der Waals surface area contributed by atoms with Gasteiger partial charge in [-0.15, -0.1) is 0 Å². The smallest absolute Gasteiger partial charge is 0.118 e. The Hall–Kier alpha value is -1.03. The first-order chi connectivity index (χ1) is 9.72. The van der Waals surface area contributed by atoms with E-state index >= 15 is 0 Å². The number of halogens is 2. The van der Waals surface area contributed by atoms with Crippen LogP contribution in [-0.4, -0.2) is 12.4 Å². The lowest BCUT2D eigenvalue weighted by atomic mass is 10.1. The van der Waals surface area contributed by atoms with E-state index in [4.69, 9.17) is 21.1 Å². The maximum absolute atomic E-state index is 6.01. The Morgan fingerprint density at radius 3 is 2.50 bits per heavy atom. The van der Waals surface area contributed by atoms with Crippen molar-refractivity contribution >= 4 is 27.5 Å². The molecule has 106 valence electrons. The fourth-order valence-electron chi connectivity index (χ4n) is 1.86. The maximum atomic E-state index is 6.01. The summed E-state index contributed by atoms with van der Waals surface area (Å²) in [7, 11) is 1.66. The molecule has 1 unspecified atom stereocenters. The molecule has 4 heteroatoms. The van der Waals surface area contributed by atoms with E-state index < -0.39 is 0 Å². The first kappa shape index (κ1) is 15.4. The Balaban J connectivity index is 1.99. The van der Waals surface area contributed by atoms with Gasteiger partial charge in [0.1, 0.15) is 5.75 Å². The molecule has 1 atom stereocenters. The molecule has 2 nitrogen and oxygen atoms in total. The van der Waals surface area contributed by atoms with E-state index in [1.165, 1.54) is 0 Å². The van der Waals surface area contributed by atoms with Gasteiger partial charge < -0.3 is 9.47 Å². The summed E-state index contributed by atoms with van der Waals surface area (Å²) in [6, 6.07) is 15.6. The molecule has 0 N–H and O–H groups in total. The van der Waals surface area contributed by atoms with Crippen LogP contribution in [0, 0.1) is 0 Å². The summed E-state index contributed by atoms with van der Waals surface area (Å²) in [6.45, 7) is 0.548. The van der Waals surface area contributed by atoms with E-state index in [9.17, 15) is 0 Å². The summed E-state index contributed by atoms with van der Waals surface area (Å²) in [5, 5.41) is 1.45. The molecule has 0 aliphatic heterocycles. The lowest BCUT2D eigenvalue weighted by Gasteiger charge is -2.16. The maximum Gasteiger partial charge on any atom is 0.118 e. The molecule has 2 aromatic carbocycles. The average molecular weight is 356 g/mol. The second kappa shape index (κ2) is 7.67.